The van der Waals surface area contributed by atoms with Crippen molar-refractivity contribution in [3.63, 3.8) is 0 Å². The number of hydrogen-bond donors (Lipinski definition) is 4. The number of nitrogens with one attached hydrogen (secondary N) is 1. The number of carbonyl (C=O) groups excluding carboxylic acids is 1. The molecule has 0 aliphatic rings. The van der Waals surface area contributed by atoms with Crippen molar-refractivity contribution < 1.29 is 24.9 Å². The molecule has 2 aromatic rings. The molecule has 4 N–H and O–H groups in total. The van der Waals surface area contributed by atoms with Crippen molar-refractivity contribution >= 4 is 11.9 Å². The summed E-state index contributed by atoms with van der Waals surface area (Å²) in [5.41, 5.74) is 0.00406. The number of benzene rings is 2. The van der Waals surface area contributed by atoms with Gasteiger partial charge in [-0.3, -0.25) is 9.59 Å². The Morgan fingerprint density at radius 2 is 1.30 bits per heavy atom. The maximum absolute atomic E-state index is 12.6. The molecule has 2 aromatic carbocycles. The summed E-state index contributed by atoms with van der Waals surface area (Å²) in [7, 11) is 0. The monoisotopic (exact) mass is 315 g/mol. The number of amides is 1. The van der Waals surface area contributed by atoms with Crippen LogP contribution in [-0.2, 0) is 15.0 Å². The zero-order valence-corrected chi connectivity index (χ0v) is 12.5. The van der Waals surface area contributed by atoms with E-state index in [9.17, 15) is 19.8 Å². The highest BCUT2D eigenvalue weighted by atomic mass is 16.4. The van der Waals surface area contributed by atoms with Gasteiger partial charge in [-0.15, -0.1) is 0 Å². The van der Waals surface area contributed by atoms with E-state index < -0.39 is 23.8 Å². The molecular formula is C17H17NO5. The Kier molecular flexibility index (Phi) is 4.55. The van der Waals surface area contributed by atoms with E-state index >= 15 is 0 Å². The van der Waals surface area contributed by atoms with Crippen LogP contribution in [0, 0.1) is 0 Å². The topological polar surface area (TPSA) is 107 Å². The molecule has 0 aliphatic heterocycles. The van der Waals surface area contributed by atoms with Crippen LogP contribution in [0.4, 0.5) is 0 Å². The second-order valence-corrected chi connectivity index (χ2v) is 5.30. The van der Waals surface area contributed by atoms with Crippen LogP contribution >= 0.6 is 0 Å². The van der Waals surface area contributed by atoms with Crippen LogP contribution in [0.3, 0.4) is 0 Å². The summed E-state index contributed by atoms with van der Waals surface area (Å²) < 4.78 is 0. The van der Waals surface area contributed by atoms with Crippen LogP contribution in [0.1, 0.15) is 18.1 Å². The van der Waals surface area contributed by atoms with Gasteiger partial charge in [-0.05, 0) is 42.3 Å². The number of carbonyl (C=O) groups is 2. The van der Waals surface area contributed by atoms with E-state index in [-0.39, 0.29) is 11.5 Å². The maximum Gasteiger partial charge on any atom is 0.322 e. The summed E-state index contributed by atoms with van der Waals surface area (Å²) in [6.45, 7) is 1.16. The summed E-state index contributed by atoms with van der Waals surface area (Å²) >= 11 is 0. The molecule has 0 bridgehead atoms. The molecule has 0 aromatic heterocycles. The summed E-state index contributed by atoms with van der Waals surface area (Å²) in [5.74, 6) is -1.51. The molecular weight excluding hydrogens is 298 g/mol. The normalized spacial score (nSPS) is 11.0. The lowest BCUT2D eigenvalue weighted by molar-refractivity contribution is -0.138. The van der Waals surface area contributed by atoms with Gasteiger partial charge in [0, 0.05) is 0 Å². The first-order valence-corrected chi connectivity index (χ1v) is 6.93. The van der Waals surface area contributed by atoms with Crippen molar-refractivity contribution in [1.82, 2.24) is 5.32 Å². The van der Waals surface area contributed by atoms with E-state index in [1.54, 1.807) is 31.2 Å². The van der Waals surface area contributed by atoms with Gasteiger partial charge < -0.3 is 20.6 Å². The van der Waals surface area contributed by atoms with Gasteiger partial charge >= 0.3 is 5.97 Å². The molecule has 120 valence electrons. The van der Waals surface area contributed by atoms with Gasteiger partial charge in [-0.25, -0.2) is 0 Å². The number of phenols is 2. The molecule has 0 atom stereocenters. The summed E-state index contributed by atoms with van der Waals surface area (Å²) in [4.78, 5) is 23.4. The predicted octanol–water partition coefficient (Wildman–Crippen LogP) is 1.60. The molecule has 6 heteroatoms. The fourth-order valence-corrected chi connectivity index (χ4v) is 2.35. The quantitative estimate of drug-likeness (QED) is 0.670. The standard InChI is InChI=1S/C17H17NO5/c1-17(16(23)18-10-15(21)22,11-2-6-13(19)7-3-11)12-4-8-14(20)9-5-12/h2-9,19-20H,10H2,1H3,(H,18,23)(H,21,22). The lowest BCUT2D eigenvalue weighted by Crippen LogP contribution is -2.44. The Bertz CT molecular complexity index is 661. The van der Waals surface area contributed by atoms with Gasteiger partial charge in [0.05, 0.1) is 5.41 Å². The molecule has 0 aliphatic carbocycles. The van der Waals surface area contributed by atoms with E-state index in [0.29, 0.717) is 11.1 Å². The van der Waals surface area contributed by atoms with Gasteiger partial charge in [-0.1, -0.05) is 24.3 Å². The van der Waals surface area contributed by atoms with Gasteiger partial charge in [0.1, 0.15) is 18.0 Å². The first-order valence-electron chi connectivity index (χ1n) is 6.93. The number of aliphatic carboxylic acids is 1. The zero-order chi connectivity index (χ0) is 17.0. The maximum atomic E-state index is 12.6. The van der Waals surface area contributed by atoms with E-state index in [2.05, 4.69) is 5.32 Å². The molecule has 0 radical (unpaired) electrons. The molecule has 1 amide bonds. The van der Waals surface area contributed by atoms with Crippen molar-refractivity contribution in [2.75, 3.05) is 6.54 Å². The average molecular weight is 315 g/mol. The fraction of sp³-hybridized carbons (Fsp3) is 0.176. The molecule has 0 heterocycles. The zero-order valence-electron chi connectivity index (χ0n) is 12.5. The molecule has 0 fully saturated rings. The predicted molar refractivity (Wildman–Crippen MR) is 83.3 cm³/mol. The van der Waals surface area contributed by atoms with E-state index in [4.69, 9.17) is 5.11 Å². The molecule has 0 unspecified atom stereocenters. The first-order chi connectivity index (χ1) is 10.8. The molecule has 0 saturated heterocycles. The minimum atomic E-state index is -1.17. The van der Waals surface area contributed by atoms with Gasteiger partial charge in [0.25, 0.3) is 0 Å². The van der Waals surface area contributed by atoms with Crippen molar-refractivity contribution in [2.24, 2.45) is 0 Å². The molecule has 6 nitrogen and oxygen atoms in total. The first kappa shape index (κ1) is 16.4. The second-order valence-electron chi connectivity index (χ2n) is 5.30. The van der Waals surface area contributed by atoms with Crippen LogP contribution in [0.25, 0.3) is 0 Å². The third-order valence-electron chi connectivity index (χ3n) is 3.74. The Hall–Kier alpha value is -3.02. The third kappa shape index (κ3) is 3.42. The number of phenolic OH excluding ortho intramolecular Hbond substituents is 2. The van der Waals surface area contributed by atoms with Crippen molar-refractivity contribution in [2.45, 2.75) is 12.3 Å². The lowest BCUT2D eigenvalue weighted by Gasteiger charge is -2.29. The smallest absolute Gasteiger partial charge is 0.322 e. The minimum Gasteiger partial charge on any atom is -0.508 e. The highest BCUT2D eigenvalue weighted by Gasteiger charge is 2.37. The van der Waals surface area contributed by atoms with Gasteiger partial charge in [0.15, 0.2) is 0 Å². The highest BCUT2D eigenvalue weighted by molar-refractivity contribution is 5.93. The van der Waals surface area contributed by atoms with Crippen LogP contribution < -0.4 is 5.32 Å². The van der Waals surface area contributed by atoms with E-state index in [1.165, 1.54) is 24.3 Å². The van der Waals surface area contributed by atoms with Gasteiger partial charge in [0.2, 0.25) is 5.91 Å². The van der Waals surface area contributed by atoms with Gasteiger partial charge in [-0.2, -0.15) is 0 Å². The molecule has 23 heavy (non-hydrogen) atoms. The number of carboxylic acids is 1. The lowest BCUT2D eigenvalue weighted by atomic mass is 9.75. The number of hydrogen-bond acceptors (Lipinski definition) is 4. The Morgan fingerprint density at radius 3 is 1.65 bits per heavy atom. The Labute approximate surface area is 133 Å². The summed E-state index contributed by atoms with van der Waals surface area (Å²) in [6, 6.07) is 12.2. The fourth-order valence-electron chi connectivity index (χ4n) is 2.35. The van der Waals surface area contributed by atoms with Crippen LogP contribution in [0.5, 0.6) is 11.5 Å². The largest absolute Gasteiger partial charge is 0.508 e. The molecule has 0 spiro atoms. The number of aromatic hydroxyl groups is 2. The van der Waals surface area contributed by atoms with Crippen molar-refractivity contribution in [1.29, 1.82) is 0 Å². The average Bonchev–Trinajstić information content (AvgIpc) is 2.53. The SMILES string of the molecule is CC(C(=O)NCC(=O)O)(c1ccc(O)cc1)c1ccc(O)cc1. The summed E-state index contributed by atoms with van der Waals surface area (Å²) in [5, 5.41) is 30.0. The van der Waals surface area contributed by atoms with Crippen LogP contribution in [0.2, 0.25) is 0 Å². The van der Waals surface area contributed by atoms with Crippen LogP contribution in [0.15, 0.2) is 48.5 Å². The summed E-state index contributed by atoms with van der Waals surface area (Å²) in [6.07, 6.45) is 0. The van der Waals surface area contributed by atoms with E-state index in [0.717, 1.165) is 0 Å². The second kappa shape index (κ2) is 6.39. The molecule has 2 rings (SSSR count). The van der Waals surface area contributed by atoms with Crippen molar-refractivity contribution in [3.8, 4) is 11.5 Å². The van der Waals surface area contributed by atoms with Crippen LogP contribution in [-0.4, -0.2) is 33.7 Å². The molecule has 0 saturated carbocycles. The third-order valence-corrected chi connectivity index (χ3v) is 3.74. The number of carboxylic acid groups (broad SMARTS) is 1. The number of rotatable bonds is 5. The Balaban J connectivity index is 2.49. The van der Waals surface area contributed by atoms with Crippen molar-refractivity contribution in [3.05, 3.63) is 59.7 Å². The minimum absolute atomic E-state index is 0.0627. The Morgan fingerprint density at radius 1 is 0.913 bits per heavy atom. The van der Waals surface area contributed by atoms with E-state index in [1.807, 2.05) is 0 Å². The highest BCUT2D eigenvalue weighted by Crippen LogP contribution is 2.34.